The molecular weight excluding hydrogens is 356 g/mol. The third-order valence-electron chi connectivity index (χ3n) is 5.85. The van der Waals surface area contributed by atoms with E-state index in [2.05, 4.69) is 21.8 Å². The zero-order valence-corrected chi connectivity index (χ0v) is 16.1. The van der Waals surface area contributed by atoms with Crippen LogP contribution in [0.4, 0.5) is 0 Å². The molecule has 7 nitrogen and oxygen atoms in total. The zero-order chi connectivity index (χ0) is 19.7. The van der Waals surface area contributed by atoms with Crippen molar-refractivity contribution in [3.63, 3.8) is 0 Å². The lowest BCUT2D eigenvalue weighted by Gasteiger charge is -2.35. The van der Waals surface area contributed by atoms with Crippen molar-refractivity contribution in [2.45, 2.75) is 45.2 Å². The molecule has 1 saturated heterocycles. The van der Waals surface area contributed by atoms with E-state index in [0.29, 0.717) is 37.9 Å². The molecular formula is C21H26N4O3. The van der Waals surface area contributed by atoms with Crippen molar-refractivity contribution in [1.82, 2.24) is 19.8 Å². The number of carbonyl (C=O) groups is 2. The molecule has 2 aromatic rings. The average molecular weight is 382 g/mol. The molecule has 148 valence electrons. The van der Waals surface area contributed by atoms with Crippen LogP contribution in [0, 0.1) is 0 Å². The number of carbonyl (C=O) groups excluding carboxylic acids is 1. The number of aromatic nitrogens is 2. The van der Waals surface area contributed by atoms with Gasteiger partial charge in [-0.1, -0.05) is 18.6 Å². The zero-order valence-electron chi connectivity index (χ0n) is 16.1. The first-order valence-corrected chi connectivity index (χ1v) is 9.94. The van der Waals surface area contributed by atoms with E-state index in [4.69, 9.17) is 0 Å². The monoisotopic (exact) mass is 382 g/mol. The minimum atomic E-state index is -0.957. The lowest BCUT2D eigenvalue weighted by molar-refractivity contribution is -0.134. The lowest BCUT2D eigenvalue weighted by atomic mass is 10.0. The number of hydrogen-bond donors (Lipinski definition) is 2. The molecule has 1 fully saturated rings. The Balaban J connectivity index is 1.46. The van der Waals surface area contributed by atoms with Crippen LogP contribution in [0.1, 0.15) is 47.9 Å². The van der Waals surface area contributed by atoms with Gasteiger partial charge in [0.2, 0.25) is 5.91 Å². The van der Waals surface area contributed by atoms with Crippen LogP contribution in [0.2, 0.25) is 0 Å². The van der Waals surface area contributed by atoms with Crippen LogP contribution in [0.5, 0.6) is 0 Å². The molecule has 2 N–H and O–H groups in total. The maximum absolute atomic E-state index is 12.8. The van der Waals surface area contributed by atoms with Crippen LogP contribution in [-0.4, -0.2) is 62.4 Å². The van der Waals surface area contributed by atoms with Gasteiger partial charge in [-0.3, -0.25) is 9.69 Å². The fraction of sp³-hybridized carbons (Fsp3) is 0.476. The van der Waals surface area contributed by atoms with Gasteiger partial charge in [0.25, 0.3) is 0 Å². The third-order valence-corrected chi connectivity index (χ3v) is 5.85. The van der Waals surface area contributed by atoms with Crippen molar-refractivity contribution in [2.24, 2.45) is 0 Å². The number of H-pyrrole nitrogens is 1. The van der Waals surface area contributed by atoms with E-state index in [1.807, 2.05) is 11.0 Å². The van der Waals surface area contributed by atoms with Gasteiger partial charge in [0, 0.05) is 24.6 Å². The van der Waals surface area contributed by atoms with Gasteiger partial charge in [-0.25, -0.2) is 9.78 Å². The summed E-state index contributed by atoms with van der Waals surface area (Å²) in [5.41, 5.74) is 2.89. The molecule has 2 aliphatic rings. The molecule has 1 atom stereocenters. The summed E-state index contributed by atoms with van der Waals surface area (Å²) < 4.78 is 0. The maximum Gasteiger partial charge on any atom is 0.335 e. The van der Waals surface area contributed by atoms with Crippen LogP contribution in [-0.2, 0) is 17.8 Å². The van der Waals surface area contributed by atoms with E-state index in [1.54, 1.807) is 18.2 Å². The molecule has 0 bridgehead atoms. The fourth-order valence-corrected chi connectivity index (χ4v) is 4.11. The summed E-state index contributed by atoms with van der Waals surface area (Å²) in [7, 11) is 0. The second kappa shape index (κ2) is 7.75. The quantitative estimate of drug-likeness (QED) is 0.848. The summed E-state index contributed by atoms with van der Waals surface area (Å²) in [6.07, 6.45) is 4.29. The Morgan fingerprint density at radius 1 is 1.29 bits per heavy atom. The Bertz CT molecular complexity index is 892. The second-order valence-corrected chi connectivity index (χ2v) is 7.78. The number of carboxylic acid groups (broad SMARTS) is 1. The van der Waals surface area contributed by atoms with Crippen molar-refractivity contribution < 1.29 is 14.7 Å². The van der Waals surface area contributed by atoms with Gasteiger partial charge in [-0.05, 0) is 38.4 Å². The maximum atomic E-state index is 12.8. The molecule has 1 aromatic heterocycles. The van der Waals surface area contributed by atoms with E-state index in [-0.39, 0.29) is 11.5 Å². The van der Waals surface area contributed by atoms with Gasteiger partial charge in [0.05, 0.1) is 30.0 Å². The second-order valence-electron chi connectivity index (χ2n) is 7.78. The predicted octanol–water partition coefficient (Wildman–Crippen LogP) is 2.53. The predicted molar refractivity (Wildman–Crippen MR) is 105 cm³/mol. The van der Waals surface area contributed by atoms with Crippen LogP contribution in [0.3, 0.4) is 0 Å². The number of aromatic amines is 1. The first kappa shape index (κ1) is 18.7. The van der Waals surface area contributed by atoms with Gasteiger partial charge < -0.3 is 15.0 Å². The summed E-state index contributed by atoms with van der Waals surface area (Å²) in [4.78, 5) is 36.1. The largest absolute Gasteiger partial charge is 0.478 e. The summed E-state index contributed by atoms with van der Waals surface area (Å²) in [5.74, 6) is -0.127. The van der Waals surface area contributed by atoms with E-state index in [0.717, 1.165) is 29.9 Å². The highest BCUT2D eigenvalue weighted by atomic mass is 16.4. The molecule has 0 spiro atoms. The number of likely N-dealkylation sites (tertiary alicyclic amines) is 1. The smallest absolute Gasteiger partial charge is 0.335 e. The number of aromatic carboxylic acids is 1. The Morgan fingerprint density at radius 2 is 2.14 bits per heavy atom. The molecule has 4 rings (SSSR count). The van der Waals surface area contributed by atoms with Gasteiger partial charge >= 0.3 is 5.97 Å². The molecule has 2 aliphatic heterocycles. The number of hydrogen-bond acceptors (Lipinski definition) is 4. The van der Waals surface area contributed by atoms with Crippen LogP contribution in [0.25, 0.3) is 11.4 Å². The molecule has 0 radical (unpaired) electrons. The van der Waals surface area contributed by atoms with E-state index in [9.17, 15) is 14.7 Å². The van der Waals surface area contributed by atoms with Crippen molar-refractivity contribution in [1.29, 1.82) is 0 Å². The molecule has 28 heavy (non-hydrogen) atoms. The number of carboxylic acids is 1. The molecule has 0 aliphatic carbocycles. The number of nitrogens with zero attached hydrogens (tertiary/aromatic N) is 3. The van der Waals surface area contributed by atoms with E-state index < -0.39 is 5.97 Å². The summed E-state index contributed by atoms with van der Waals surface area (Å²) in [6, 6.07) is 7.22. The van der Waals surface area contributed by atoms with Gasteiger partial charge in [-0.2, -0.15) is 0 Å². The Hall–Kier alpha value is -2.67. The third kappa shape index (κ3) is 3.80. The molecule has 1 unspecified atom stereocenters. The summed E-state index contributed by atoms with van der Waals surface area (Å²) in [5, 5.41) is 9.19. The first-order chi connectivity index (χ1) is 13.5. The Morgan fingerprint density at radius 3 is 2.93 bits per heavy atom. The minimum Gasteiger partial charge on any atom is -0.478 e. The number of benzene rings is 1. The van der Waals surface area contributed by atoms with Crippen LogP contribution < -0.4 is 0 Å². The highest BCUT2D eigenvalue weighted by Gasteiger charge is 2.27. The number of piperidine rings is 1. The highest BCUT2D eigenvalue weighted by Crippen LogP contribution is 2.24. The number of nitrogens with one attached hydrogen (secondary N) is 1. The first-order valence-electron chi connectivity index (χ1n) is 9.94. The summed E-state index contributed by atoms with van der Waals surface area (Å²) >= 11 is 0. The average Bonchev–Trinajstić information content (AvgIpc) is 3.13. The van der Waals surface area contributed by atoms with Gasteiger partial charge in [-0.15, -0.1) is 0 Å². The van der Waals surface area contributed by atoms with Gasteiger partial charge in [0.1, 0.15) is 5.82 Å². The lowest BCUT2D eigenvalue weighted by Crippen LogP contribution is -2.47. The molecule has 3 heterocycles. The number of imidazole rings is 1. The van der Waals surface area contributed by atoms with Gasteiger partial charge in [0.15, 0.2) is 0 Å². The van der Waals surface area contributed by atoms with E-state index >= 15 is 0 Å². The van der Waals surface area contributed by atoms with Crippen molar-refractivity contribution in [3.8, 4) is 11.4 Å². The topological polar surface area (TPSA) is 89.5 Å². The van der Waals surface area contributed by atoms with Crippen molar-refractivity contribution in [2.75, 3.05) is 19.6 Å². The van der Waals surface area contributed by atoms with Crippen LogP contribution in [0.15, 0.2) is 24.3 Å². The molecule has 1 aromatic carbocycles. The molecule has 7 heteroatoms. The van der Waals surface area contributed by atoms with Crippen molar-refractivity contribution >= 4 is 11.9 Å². The standard InChI is InChI=1S/C21H26N4O3/c1-14-5-2-3-9-24(14)13-19(26)25-10-8-17-18(12-25)23-20(22-17)15-6-4-7-16(11-15)21(27)28/h4,6-7,11,14H,2-3,5,8-10,12-13H2,1H3,(H,22,23)(H,27,28). The number of fused-ring (bicyclic) bond motifs is 1. The van der Waals surface area contributed by atoms with Crippen LogP contribution >= 0.6 is 0 Å². The summed E-state index contributed by atoms with van der Waals surface area (Å²) in [6.45, 7) is 4.89. The number of rotatable bonds is 4. The number of amides is 1. The van der Waals surface area contributed by atoms with E-state index in [1.165, 1.54) is 12.8 Å². The minimum absolute atomic E-state index is 0.170. The van der Waals surface area contributed by atoms with Crippen molar-refractivity contribution in [3.05, 3.63) is 41.2 Å². The normalized spacial score (nSPS) is 20.0. The Labute approximate surface area is 164 Å². The SMILES string of the molecule is CC1CCCCN1CC(=O)N1CCc2nc(-c3cccc(C(=O)O)c3)[nH]c2C1. The fourth-order valence-electron chi connectivity index (χ4n) is 4.11. The highest BCUT2D eigenvalue weighted by molar-refractivity contribution is 5.89. The molecule has 1 amide bonds. The molecule has 0 saturated carbocycles. The Kier molecular flexibility index (Phi) is 5.17.